The minimum Gasteiger partial charge on any atom is -0.497 e. The van der Waals surface area contributed by atoms with Crippen molar-refractivity contribution in [3.63, 3.8) is 0 Å². The van der Waals surface area contributed by atoms with Gasteiger partial charge in [0.2, 0.25) is 5.91 Å². The molecule has 2 amide bonds. The summed E-state index contributed by atoms with van der Waals surface area (Å²) in [5, 5.41) is 0. The van der Waals surface area contributed by atoms with E-state index in [0.717, 1.165) is 55.6 Å². The SMILES string of the molecule is COc1cccc(C2C(C(=O)N3CCC(N(C)C)CC3)c3ccccc3C(=O)N2C2CC2)c1. The molecule has 2 aromatic rings. The topological polar surface area (TPSA) is 53.1 Å². The maximum atomic E-state index is 14.2. The van der Waals surface area contributed by atoms with E-state index in [4.69, 9.17) is 4.74 Å². The van der Waals surface area contributed by atoms with Gasteiger partial charge in [-0.1, -0.05) is 30.3 Å². The molecule has 1 aliphatic carbocycles. The fraction of sp³-hybridized carbons (Fsp3) is 0.481. The third-order valence-corrected chi connectivity index (χ3v) is 7.52. The van der Waals surface area contributed by atoms with Crippen molar-refractivity contribution in [2.45, 2.75) is 49.7 Å². The highest BCUT2D eigenvalue weighted by Gasteiger charge is 2.50. The quantitative estimate of drug-likeness (QED) is 0.702. The van der Waals surface area contributed by atoms with Gasteiger partial charge in [-0.25, -0.2) is 0 Å². The molecule has 33 heavy (non-hydrogen) atoms. The van der Waals surface area contributed by atoms with Gasteiger partial charge in [0.1, 0.15) is 5.75 Å². The van der Waals surface area contributed by atoms with Crippen molar-refractivity contribution < 1.29 is 14.3 Å². The van der Waals surface area contributed by atoms with Gasteiger partial charge in [-0.2, -0.15) is 0 Å². The predicted molar refractivity (Wildman–Crippen MR) is 127 cm³/mol. The van der Waals surface area contributed by atoms with Crippen LogP contribution in [-0.2, 0) is 4.79 Å². The normalized spacial score (nSPS) is 23.6. The Kier molecular flexibility index (Phi) is 5.87. The summed E-state index contributed by atoms with van der Waals surface area (Å²) in [6, 6.07) is 15.9. The number of benzene rings is 2. The van der Waals surface area contributed by atoms with Gasteiger partial charge in [0.15, 0.2) is 0 Å². The molecule has 2 fully saturated rings. The Labute approximate surface area is 196 Å². The lowest BCUT2D eigenvalue weighted by Crippen LogP contribution is -2.51. The van der Waals surface area contributed by atoms with Gasteiger partial charge in [-0.15, -0.1) is 0 Å². The lowest BCUT2D eigenvalue weighted by molar-refractivity contribution is -0.136. The van der Waals surface area contributed by atoms with E-state index in [1.807, 2.05) is 58.3 Å². The fourth-order valence-corrected chi connectivity index (χ4v) is 5.55. The zero-order chi connectivity index (χ0) is 23.1. The lowest BCUT2D eigenvalue weighted by Gasteiger charge is -2.45. The van der Waals surface area contributed by atoms with E-state index in [1.54, 1.807) is 7.11 Å². The average Bonchev–Trinajstić information content (AvgIpc) is 3.69. The van der Waals surface area contributed by atoms with Crippen molar-refractivity contribution in [1.29, 1.82) is 0 Å². The molecule has 2 unspecified atom stereocenters. The van der Waals surface area contributed by atoms with Crippen LogP contribution in [0.5, 0.6) is 5.75 Å². The summed E-state index contributed by atoms with van der Waals surface area (Å²) in [6.45, 7) is 1.51. The van der Waals surface area contributed by atoms with Crippen LogP contribution < -0.4 is 4.74 Å². The molecule has 2 aromatic carbocycles. The molecule has 0 radical (unpaired) electrons. The molecule has 6 heteroatoms. The molecule has 1 saturated carbocycles. The molecule has 0 bridgehead atoms. The molecule has 0 aromatic heterocycles. The highest BCUT2D eigenvalue weighted by atomic mass is 16.5. The van der Waals surface area contributed by atoms with E-state index >= 15 is 0 Å². The molecule has 3 aliphatic rings. The number of likely N-dealkylation sites (tertiary alicyclic amines) is 1. The van der Waals surface area contributed by atoms with E-state index in [1.165, 1.54) is 0 Å². The number of carbonyl (C=O) groups excluding carboxylic acids is 2. The second-order valence-corrected chi connectivity index (χ2v) is 9.75. The van der Waals surface area contributed by atoms with Crippen LogP contribution in [0, 0.1) is 0 Å². The second kappa shape index (κ2) is 8.82. The Morgan fingerprint density at radius 1 is 1.00 bits per heavy atom. The van der Waals surface area contributed by atoms with Crippen LogP contribution in [0.1, 0.15) is 59.1 Å². The molecule has 1 saturated heterocycles. The number of nitrogens with zero attached hydrogens (tertiary/aromatic N) is 3. The van der Waals surface area contributed by atoms with Gasteiger partial charge >= 0.3 is 0 Å². The summed E-state index contributed by atoms with van der Waals surface area (Å²) in [5.41, 5.74) is 2.49. The predicted octanol–water partition coefficient (Wildman–Crippen LogP) is 3.69. The minimum atomic E-state index is -0.414. The minimum absolute atomic E-state index is 0.0382. The van der Waals surface area contributed by atoms with Crippen LogP contribution in [0.3, 0.4) is 0 Å². The number of carbonyl (C=O) groups is 2. The fourth-order valence-electron chi connectivity index (χ4n) is 5.55. The first-order valence-electron chi connectivity index (χ1n) is 12.0. The summed E-state index contributed by atoms with van der Waals surface area (Å²) in [6.07, 6.45) is 3.93. The van der Waals surface area contributed by atoms with Crippen LogP contribution in [0.15, 0.2) is 48.5 Å². The molecule has 2 heterocycles. The van der Waals surface area contributed by atoms with Crippen molar-refractivity contribution in [3.05, 3.63) is 65.2 Å². The summed E-state index contributed by atoms with van der Waals surface area (Å²) in [5.74, 6) is 0.497. The van der Waals surface area contributed by atoms with Gasteiger partial charge in [-0.3, -0.25) is 9.59 Å². The summed E-state index contributed by atoms with van der Waals surface area (Å²) in [4.78, 5) is 34.1. The summed E-state index contributed by atoms with van der Waals surface area (Å²) >= 11 is 0. The highest BCUT2D eigenvalue weighted by molar-refractivity contribution is 6.01. The van der Waals surface area contributed by atoms with E-state index in [-0.39, 0.29) is 23.9 Å². The van der Waals surface area contributed by atoms with E-state index in [0.29, 0.717) is 11.6 Å². The first kappa shape index (κ1) is 22.0. The number of rotatable bonds is 5. The zero-order valence-corrected chi connectivity index (χ0v) is 19.7. The highest BCUT2D eigenvalue weighted by Crippen LogP contribution is 2.48. The van der Waals surface area contributed by atoms with Crippen LogP contribution in [0.2, 0.25) is 0 Å². The molecular weight excluding hydrogens is 414 g/mol. The molecule has 0 N–H and O–H groups in total. The van der Waals surface area contributed by atoms with Crippen LogP contribution >= 0.6 is 0 Å². The first-order valence-corrected chi connectivity index (χ1v) is 12.0. The largest absolute Gasteiger partial charge is 0.497 e. The molecule has 6 nitrogen and oxygen atoms in total. The third kappa shape index (κ3) is 4.01. The number of amides is 2. The molecule has 2 aliphatic heterocycles. The second-order valence-electron chi connectivity index (χ2n) is 9.75. The van der Waals surface area contributed by atoms with E-state index in [2.05, 4.69) is 19.0 Å². The molecule has 5 rings (SSSR count). The average molecular weight is 448 g/mol. The van der Waals surface area contributed by atoms with Crippen molar-refractivity contribution in [2.24, 2.45) is 0 Å². The van der Waals surface area contributed by atoms with Crippen molar-refractivity contribution >= 4 is 11.8 Å². The number of methoxy groups -OCH3 is 1. The summed E-state index contributed by atoms with van der Waals surface area (Å²) < 4.78 is 5.50. The number of ether oxygens (including phenoxy) is 1. The Morgan fingerprint density at radius 2 is 1.73 bits per heavy atom. The van der Waals surface area contributed by atoms with Gasteiger partial charge in [0, 0.05) is 30.7 Å². The standard InChI is InChI=1S/C27H33N3O3/c1-28(2)19-13-15-29(16-14-19)27(32)24-22-9-4-5-10-23(22)26(31)30(20-11-12-20)25(24)18-7-6-8-21(17-18)33-3/h4-10,17,19-20,24-25H,11-16H2,1-3H3. The van der Waals surface area contributed by atoms with Crippen molar-refractivity contribution in [2.75, 3.05) is 34.3 Å². The maximum absolute atomic E-state index is 14.2. The Hall–Kier alpha value is -2.86. The monoisotopic (exact) mass is 447 g/mol. The first-order chi connectivity index (χ1) is 16.0. The maximum Gasteiger partial charge on any atom is 0.254 e. The molecular formula is C27H33N3O3. The van der Waals surface area contributed by atoms with Crippen LogP contribution in [0.4, 0.5) is 0 Å². The van der Waals surface area contributed by atoms with Crippen LogP contribution in [-0.4, -0.2) is 72.9 Å². The molecule has 174 valence electrons. The number of piperidine rings is 1. The molecule has 2 atom stereocenters. The van der Waals surface area contributed by atoms with Gasteiger partial charge in [0.05, 0.1) is 19.1 Å². The van der Waals surface area contributed by atoms with Crippen molar-refractivity contribution in [1.82, 2.24) is 14.7 Å². The lowest BCUT2D eigenvalue weighted by atomic mass is 9.78. The van der Waals surface area contributed by atoms with Crippen molar-refractivity contribution in [3.8, 4) is 5.75 Å². The molecule has 0 spiro atoms. The zero-order valence-electron chi connectivity index (χ0n) is 19.7. The Morgan fingerprint density at radius 3 is 2.39 bits per heavy atom. The van der Waals surface area contributed by atoms with Crippen LogP contribution in [0.25, 0.3) is 0 Å². The number of hydrogen-bond donors (Lipinski definition) is 0. The smallest absolute Gasteiger partial charge is 0.254 e. The Balaban J connectivity index is 1.58. The summed E-state index contributed by atoms with van der Waals surface area (Å²) in [7, 11) is 5.87. The Bertz CT molecular complexity index is 1040. The van der Waals surface area contributed by atoms with E-state index in [9.17, 15) is 9.59 Å². The third-order valence-electron chi connectivity index (χ3n) is 7.52. The van der Waals surface area contributed by atoms with E-state index < -0.39 is 5.92 Å². The van der Waals surface area contributed by atoms with Gasteiger partial charge < -0.3 is 19.4 Å². The number of fused-ring (bicyclic) bond motifs is 1. The van der Waals surface area contributed by atoms with Gasteiger partial charge in [-0.05, 0) is 69.1 Å². The number of hydrogen-bond acceptors (Lipinski definition) is 4. The van der Waals surface area contributed by atoms with Gasteiger partial charge in [0.25, 0.3) is 5.91 Å².